The molecule has 8 N–H and O–H groups in total. The Morgan fingerprint density at radius 2 is 2.06 bits per heavy atom. The molecule has 0 bridgehead atoms. The van der Waals surface area contributed by atoms with Gasteiger partial charge in [-0.2, -0.15) is 0 Å². The van der Waals surface area contributed by atoms with E-state index >= 15 is 0 Å². The van der Waals surface area contributed by atoms with Crippen molar-refractivity contribution in [2.24, 2.45) is 5.73 Å². The molecular weight excluding hydrogens is 460 g/mol. The van der Waals surface area contributed by atoms with Crippen LogP contribution in [-0.4, -0.2) is 46.6 Å². The van der Waals surface area contributed by atoms with Crippen molar-refractivity contribution >= 4 is 46.1 Å². The highest BCUT2D eigenvalue weighted by Crippen LogP contribution is 2.22. The summed E-state index contributed by atoms with van der Waals surface area (Å²) in [5, 5.41) is 15.6. The molecule has 0 radical (unpaired) electrons. The lowest BCUT2D eigenvalue weighted by Gasteiger charge is -2.09. The van der Waals surface area contributed by atoms with E-state index in [1.807, 2.05) is 32.0 Å². The van der Waals surface area contributed by atoms with E-state index < -0.39 is 5.91 Å². The monoisotopic (exact) mass is 489 g/mol. The molecule has 0 spiro atoms. The number of benzene rings is 1. The van der Waals surface area contributed by atoms with Crippen LogP contribution in [0.3, 0.4) is 0 Å². The number of hydrogen-bond acceptors (Lipinski definition) is 7. The second-order valence-electron chi connectivity index (χ2n) is 7.27. The fourth-order valence-electron chi connectivity index (χ4n) is 3.72. The van der Waals surface area contributed by atoms with Crippen molar-refractivity contribution in [2.45, 2.75) is 33.5 Å². The molecule has 13 heteroatoms. The number of anilines is 2. The van der Waals surface area contributed by atoms with Crippen LogP contribution in [0, 0.1) is 5.41 Å². The predicted molar refractivity (Wildman–Crippen MR) is 131 cm³/mol. The summed E-state index contributed by atoms with van der Waals surface area (Å²) in [5.41, 5.74) is 13.1. The number of nitrogens with two attached hydrogens (primary N) is 2. The average Bonchev–Trinajstić information content (AvgIpc) is 3.13. The van der Waals surface area contributed by atoms with Gasteiger partial charge in [0.15, 0.2) is 39.5 Å². The van der Waals surface area contributed by atoms with Crippen molar-refractivity contribution in [3.05, 3.63) is 34.9 Å². The van der Waals surface area contributed by atoms with E-state index in [0.717, 1.165) is 16.9 Å². The van der Waals surface area contributed by atoms with Gasteiger partial charge in [0, 0.05) is 13.1 Å². The lowest BCUT2D eigenvalue weighted by atomic mass is 10.3. The molecule has 182 valence electrons. The molecule has 0 fully saturated rings. The lowest BCUT2D eigenvalue weighted by Crippen LogP contribution is -2.40. The number of imidazole rings is 1. The van der Waals surface area contributed by atoms with Gasteiger partial charge in [0.05, 0.1) is 19.6 Å². The molecule has 1 aromatic carbocycles. The van der Waals surface area contributed by atoms with Gasteiger partial charge in [0.2, 0.25) is 0 Å². The van der Waals surface area contributed by atoms with E-state index in [2.05, 4.69) is 35.1 Å². The Kier molecular flexibility index (Phi) is 7.95. The number of amides is 1. The van der Waals surface area contributed by atoms with E-state index in [0.29, 0.717) is 32.0 Å². The molecule has 0 aliphatic rings. The number of aromatic nitrogens is 4. The molecule has 0 unspecified atom stereocenters. The van der Waals surface area contributed by atoms with E-state index in [9.17, 15) is 4.79 Å². The van der Waals surface area contributed by atoms with Crippen molar-refractivity contribution in [1.82, 2.24) is 25.2 Å². The van der Waals surface area contributed by atoms with Gasteiger partial charge in [-0.05, 0) is 26.0 Å². The second kappa shape index (κ2) is 10.9. The lowest BCUT2D eigenvalue weighted by molar-refractivity contribution is -0.676. The summed E-state index contributed by atoms with van der Waals surface area (Å²) in [6.07, 6.45) is 0. The average molecular weight is 490 g/mol. The first-order valence-electron chi connectivity index (χ1n) is 10.8. The number of halogens is 1. The summed E-state index contributed by atoms with van der Waals surface area (Å²) in [4.78, 5) is 21.1. The molecule has 1 amide bonds. The van der Waals surface area contributed by atoms with Crippen molar-refractivity contribution in [3.63, 3.8) is 0 Å². The highest BCUT2D eigenvalue weighted by molar-refractivity contribution is 6.31. The van der Waals surface area contributed by atoms with E-state index in [1.54, 1.807) is 7.05 Å². The van der Waals surface area contributed by atoms with Gasteiger partial charge >= 0.3 is 0 Å². The van der Waals surface area contributed by atoms with Gasteiger partial charge in [0.25, 0.3) is 11.7 Å². The summed E-state index contributed by atoms with van der Waals surface area (Å²) >= 11 is 5.98. The van der Waals surface area contributed by atoms with Gasteiger partial charge in [-0.25, -0.2) is 19.1 Å². The molecule has 0 atom stereocenters. The normalized spacial score (nSPS) is 10.8. The Morgan fingerprint density at radius 3 is 2.71 bits per heavy atom. The highest BCUT2D eigenvalue weighted by atomic mass is 35.5. The van der Waals surface area contributed by atoms with E-state index in [-0.39, 0.29) is 35.0 Å². The maximum Gasteiger partial charge on any atom is 0.277 e. The number of hydrogen-bond donors (Lipinski definition) is 6. The third-order valence-electron chi connectivity index (χ3n) is 5.21. The van der Waals surface area contributed by atoms with Crippen LogP contribution in [0.2, 0.25) is 5.15 Å². The van der Waals surface area contributed by atoms with Crippen LogP contribution in [-0.2, 0) is 19.6 Å². The Balaban J connectivity index is 1.86. The van der Waals surface area contributed by atoms with E-state index in [1.165, 1.54) is 0 Å². The standard InChI is InChI=1S/C21H29ClN10O2/c1-4-31-13-7-6-12(34-9-8-27-21(24)25)10-14(13)32(5-2)15(31)11-28-20(33)16-19(26-3)30-18(23)17(22)29-16/h6-7,10H,4-5,8-9,11H2,1-3H3,(H7-,23,24,25,26,27,28,30,33)/p+1. The molecule has 3 rings (SSSR count). The SMILES string of the molecule is CCn1c(CNC(=O)c2nc(Cl)c(N)nc2NC)[n+](CC)c2ccc(OCCNC(=N)N)cc21. The second-order valence-corrected chi connectivity index (χ2v) is 7.63. The molecule has 0 aliphatic carbocycles. The molecule has 34 heavy (non-hydrogen) atoms. The third kappa shape index (κ3) is 5.22. The number of nitrogen functional groups attached to an aromatic ring is 1. The molecule has 0 aliphatic heterocycles. The van der Waals surface area contributed by atoms with Gasteiger partial charge in [-0.3, -0.25) is 10.2 Å². The molecule has 12 nitrogen and oxygen atoms in total. The molecule has 0 saturated heterocycles. The fourth-order valence-corrected chi connectivity index (χ4v) is 3.84. The number of carbonyl (C=O) groups excluding carboxylic acids is 1. The number of nitrogens with zero attached hydrogens (tertiary/aromatic N) is 4. The van der Waals surface area contributed by atoms with Gasteiger partial charge in [-0.1, -0.05) is 11.6 Å². The molecule has 0 saturated carbocycles. The summed E-state index contributed by atoms with van der Waals surface area (Å²) in [7, 11) is 1.63. The smallest absolute Gasteiger partial charge is 0.277 e. The van der Waals surface area contributed by atoms with Crippen LogP contribution in [0.5, 0.6) is 5.75 Å². The van der Waals surface area contributed by atoms with Crippen LogP contribution in [0.4, 0.5) is 11.6 Å². The maximum atomic E-state index is 12.9. The zero-order chi connectivity index (χ0) is 24.8. The molecular formula is C21H30ClN10O2+. The molecule has 2 aromatic heterocycles. The number of carbonyl (C=O) groups is 1. The van der Waals surface area contributed by atoms with Crippen molar-refractivity contribution in [1.29, 1.82) is 5.41 Å². The number of fused-ring (bicyclic) bond motifs is 1. The minimum absolute atomic E-state index is 0.0264. The van der Waals surface area contributed by atoms with E-state index in [4.69, 9.17) is 33.2 Å². The fraction of sp³-hybridized carbons (Fsp3) is 0.381. The van der Waals surface area contributed by atoms with Crippen LogP contribution in [0.1, 0.15) is 30.2 Å². The summed E-state index contributed by atoms with van der Waals surface area (Å²) < 4.78 is 10.1. The zero-order valence-corrected chi connectivity index (χ0v) is 20.2. The van der Waals surface area contributed by atoms with Gasteiger partial charge in [0.1, 0.15) is 18.9 Å². The minimum Gasteiger partial charge on any atom is -0.492 e. The van der Waals surface area contributed by atoms with Crippen LogP contribution < -0.4 is 36.7 Å². The summed E-state index contributed by atoms with van der Waals surface area (Å²) in [6, 6.07) is 5.86. The van der Waals surface area contributed by atoms with Crippen LogP contribution in [0.25, 0.3) is 11.0 Å². The highest BCUT2D eigenvalue weighted by Gasteiger charge is 2.25. The minimum atomic E-state index is -0.420. The number of aryl methyl sites for hydroxylation is 2. The first kappa shape index (κ1) is 24.8. The number of ether oxygens (including phenoxy) is 1. The van der Waals surface area contributed by atoms with Crippen LogP contribution in [0.15, 0.2) is 18.2 Å². The van der Waals surface area contributed by atoms with Crippen molar-refractivity contribution in [3.8, 4) is 5.75 Å². The third-order valence-corrected chi connectivity index (χ3v) is 5.49. The van der Waals surface area contributed by atoms with Gasteiger partial charge in [-0.15, -0.1) is 0 Å². The predicted octanol–water partition coefficient (Wildman–Crippen LogP) is 0.828. The maximum absolute atomic E-state index is 12.9. The Morgan fingerprint density at radius 1 is 1.29 bits per heavy atom. The first-order valence-corrected chi connectivity index (χ1v) is 11.2. The summed E-state index contributed by atoms with van der Waals surface area (Å²) in [5.74, 6) is 1.41. The van der Waals surface area contributed by atoms with Crippen molar-refractivity contribution in [2.75, 3.05) is 31.2 Å². The summed E-state index contributed by atoms with van der Waals surface area (Å²) in [6.45, 7) is 6.56. The Labute approximate surface area is 202 Å². The number of guanidine groups is 1. The van der Waals surface area contributed by atoms with Gasteiger partial charge < -0.3 is 32.2 Å². The van der Waals surface area contributed by atoms with Crippen LogP contribution >= 0.6 is 11.6 Å². The molecule has 2 heterocycles. The topological polar surface area (TPSA) is 173 Å². The number of rotatable bonds is 10. The Bertz CT molecular complexity index is 1210. The van der Waals surface area contributed by atoms with Crippen molar-refractivity contribution < 1.29 is 14.1 Å². The molecule has 3 aromatic rings. The first-order chi connectivity index (χ1) is 16.3. The number of nitrogens with one attached hydrogen (secondary N) is 4. The largest absolute Gasteiger partial charge is 0.492 e. The Hall–Kier alpha value is -3.80. The quantitative estimate of drug-likeness (QED) is 0.105. The zero-order valence-electron chi connectivity index (χ0n) is 19.4.